The van der Waals surface area contributed by atoms with Gasteiger partial charge in [0.05, 0.1) is 23.4 Å². The number of rotatable bonds is 10. The van der Waals surface area contributed by atoms with Gasteiger partial charge in [0.1, 0.15) is 17.3 Å². The van der Waals surface area contributed by atoms with Crippen molar-refractivity contribution < 1.29 is 4.74 Å². The zero-order valence-corrected chi connectivity index (χ0v) is 45.3. The molecule has 0 bridgehead atoms. The number of nitrogens with zero attached hydrogens (tertiary/aromatic N) is 4. The first kappa shape index (κ1) is 49.2. The molecule has 0 saturated heterocycles. The molecule has 0 aliphatic carbocycles. The lowest BCUT2D eigenvalue weighted by molar-refractivity contribution is 0.479. The molecule has 3 heterocycles. The fraction of sp³-hybridized carbons (Fsp3) is 0.279. The van der Waals surface area contributed by atoms with E-state index in [1.807, 2.05) is 6.20 Å². The van der Waals surface area contributed by atoms with Crippen LogP contribution in [0.15, 0.2) is 188 Å². The number of aromatic nitrogens is 2. The number of fused-ring (bicyclic) bond motifs is 3. The number of hydrogen-bond donors (Lipinski definition) is 0. The van der Waals surface area contributed by atoms with E-state index in [2.05, 4.69) is 287 Å². The van der Waals surface area contributed by atoms with Crippen molar-refractivity contribution in [1.82, 2.24) is 9.55 Å². The van der Waals surface area contributed by atoms with E-state index in [0.717, 1.165) is 51.0 Å². The van der Waals surface area contributed by atoms with E-state index in [1.54, 1.807) is 0 Å². The molecule has 370 valence electrons. The molecule has 0 unspecified atom stereocenters. The van der Waals surface area contributed by atoms with Gasteiger partial charge in [0.25, 0.3) is 0 Å². The van der Waals surface area contributed by atoms with Gasteiger partial charge >= 0.3 is 0 Å². The van der Waals surface area contributed by atoms with E-state index in [9.17, 15) is 0 Å². The Hall–Kier alpha value is -7.37. The maximum atomic E-state index is 7.08. The molecule has 9 aromatic rings. The summed E-state index contributed by atoms with van der Waals surface area (Å²) in [5.74, 6) is 2.46. The summed E-state index contributed by atoms with van der Waals surface area (Å²) in [6.45, 7) is 30.5. The Bertz CT molecular complexity index is 3440. The van der Waals surface area contributed by atoms with E-state index in [4.69, 9.17) is 9.72 Å². The van der Waals surface area contributed by atoms with Gasteiger partial charge in [-0.05, 0) is 121 Å². The molecule has 0 N–H and O–H groups in total. The topological polar surface area (TPSA) is 33.5 Å². The molecule has 1 aliphatic heterocycles. The Kier molecular flexibility index (Phi) is 12.3. The van der Waals surface area contributed by atoms with Crippen LogP contribution in [0.2, 0.25) is 0 Å². The Balaban J connectivity index is 1.09. The van der Waals surface area contributed by atoms with Crippen molar-refractivity contribution in [3.05, 3.63) is 233 Å². The van der Waals surface area contributed by atoms with Crippen LogP contribution in [0.4, 0.5) is 11.4 Å². The Morgan fingerprint density at radius 2 is 0.973 bits per heavy atom. The average molecular weight is 961 g/mol. The third kappa shape index (κ3) is 9.59. The second-order valence-corrected chi connectivity index (χ2v) is 24.4. The minimum Gasteiger partial charge on any atom is -0.457 e. The first-order valence-corrected chi connectivity index (χ1v) is 26.0. The standard InChI is InChI=1S/C68H72N4O/c1-64(2,3)49-29-32-60-59(40-49)58-31-30-56(43-61(58)72(60)63-41-50(33-34-69-63)65(4,5)6)73-57-39-51(66(7,8)9)36-54(42-57)70-44-62(46-23-17-14-18-24-46)71(45-70)55-37-52(67(10,11)47-25-19-15-20-26-47)35-53(38-55)68(12,13)48-27-21-16-22-28-48/h14-44H,45H2,1-13H3. The predicted octanol–water partition coefficient (Wildman–Crippen LogP) is 17.8. The highest BCUT2D eigenvalue weighted by Gasteiger charge is 2.33. The summed E-state index contributed by atoms with van der Waals surface area (Å²) in [5.41, 5.74) is 14.8. The summed E-state index contributed by atoms with van der Waals surface area (Å²) in [6, 6.07) is 64.6. The number of pyridine rings is 1. The van der Waals surface area contributed by atoms with E-state index < -0.39 is 0 Å². The van der Waals surface area contributed by atoms with Crippen LogP contribution in [0.3, 0.4) is 0 Å². The van der Waals surface area contributed by atoms with Crippen LogP contribution in [0.25, 0.3) is 33.3 Å². The summed E-state index contributed by atoms with van der Waals surface area (Å²) >= 11 is 0. The van der Waals surface area contributed by atoms with Crippen molar-refractivity contribution >= 4 is 38.9 Å². The van der Waals surface area contributed by atoms with Gasteiger partial charge in [-0.3, -0.25) is 4.57 Å². The molecule has 0 radical (unpaired) electrons. The van der Waals surface area contributed by atoms with Crippen LogP contribution in [0, 0.1) is 0 Å². The molecule has 0 atom stereocenters. The first-order valence-electron chi connectivity index (χ1n) is 26.0. The van der Waals surface area contributed by atoms with Crippen molar-refractivity contribution in [1.29, 1.82) is 0 Å². The second-order valence-electron chi connectivity index (χ2n) is 24.4. The van der Waals surface area contributed by atoms with E-state index in [1.165, 1.54) is 49.7 Å². The third-order valence-electron chi connectivity index (χ3n) is 15.4. The lowest BCUT2D eigenvalue weighted by Gasteiger charge is -2.34. The average Bonchev–Trinajstić information content (AvgIpc) is 3.96. The molecule has 0 spiro atoms. The number of ether oxygens (including phenoxy) is 1. The van der Waals surface area contributed by atoms with Crippen molar-refractivity contribution in [2.45, 2.75) is 117 Å². The molecule has 10 rings (SSSR count). The number of benzene rings is 7. The van der Waals surface area contributed by atoms with Crippen LogP contribution in [-0.2, 0) is 27.1 Å². The van der Waals surface area contributed by atoms with Crippen molar-refractivity contribution in [3.8, 4) is 17.3 Å². The van der Waals surface area contributed by atoms with Gasteiger partial charge in [-0.2, -0.15) is 0 Å². The van der Waals surface area contributed by atoms with E-state index in [0.29, 0.717) is 6.67 Å². The molecule has 5 nitrogen and oxygen atoms in total. The maximum absolute atomic E-state index is 7.08. The Morgan fingerprint density at radius 3 is 1.56 bits per heavy atom. The summed E-state index contributed by atoms with van der Waals surface area (Å²) in [4.78, 5) is 9.89. The van der Waals surface area contributed by atoms with Gasteiger partial charge in [0.15, 0.2) is 0 Å². The smallest absolute Gasteiger partial charge is 0.137 e. The molecule has 0 saturated carbocycles. The highest BCUT2D eigenvalue weighted by atomic mass is 16.5. The Labute approximate surface area is 434 Å². The van der Waals surface area contributed by atoms with Crippen LogP contribution in [0.1, 0.15) is 135 Å². The Morgan fingerprint density at radius 1 is 0.411 bits per heavy atom. The third-order valence-corrected chi connectivity index (χ3v) is 15.4. The molecule has 73 heavy (non-hydrogen) atoms. The molecular formula is C68H72N4O. The lowest BCUT2D eigenvalue weighted by atomic mass is 9.73. The SMILES string of the molecule is CC(C)(C)c1cc(Oc2ccc3c4cc(C(C)(C)C)ccc4n(-c4cc(C(C)(C)C)ccn4)c3c2)cc(N2C=C(c3ccccc3)N(c3cc(C(C)(C)c4ccccc4)cc(C(C)(C)c4ccccc4)c3)C2)c1. The zero-order chi connectivity index (χ0) is 51.7. The van der Waals surface area contributed by atoms with Gasteiger partial charge in [-0.15, -0.1) is 0 Å². The fourth-order valence-electron chi connectivity index (χ4n) is 10.4. The van der Waals surface area contributed by atoms with Gasteiger partial charge < -0.3 is 14.5 Å². The number of anilines is 2. The number of hydrogen-bond acceptors (Lipinski definition) is 4. The summed E-state index contributed by atoms with van der Waals surface area (Å²) in [5, 5.41) is 2.38. The van der Waals surface area contributed by atoms with Gasteiger partial charge in [0.2, 0.25) is 0 Å². The molecule has 2 aromatic heterocycles. The lowest BCUT2D eigenvalue weighted by Crippen LogP contribution is -2.29. The monoisotopic (exact) mass is 961 g/mol. The minimum absolute atomic E-state index is 0.000806. The molecule has 7 aromatic carbocycles. The molecule has 1 aliphatic rings. The van der Waals surface area contributed by atoms with Crippen LogP contribution in [0.5, 0.6) is 11.5 Å². The van der Waals surface area contributed by atoms with Crippen LogP contribution < -0.4 is 14.5 Å². The summed E-state index contributed by atoms with van der Waals surface area (Å²) in [6.07, 6.45) is 4.27. The molecule has 0 amide bonds. The minimum atomic E-state index is -0.262. The van der Waals surface area contributed by atoms with Gasteiger partial charge in [0, 0.05) is 57.5 Å². The highest BCUT2D eigenvalue weighted by molar-refractivity contribution is 6.10. The maximum Gasteiger partial charge on any atom is 0.137 e. The quantitative estimate of drug-likeness (QED) is 0.137. The molecule has 0 fully saturated rings. The fourth-order valence-corrected chi connectivity index (χ4v) is 10.4. The molecule has 5 heteroatoms. The predicted molar refractivity (Wildman–Crippen MR) is 309 cm³/mol. The van der Waals surface area contributed by atoms with E-state index in [-0.39, 0.29) is 27.1 Å². The van der Waals surface area contributed by atoms with Gasteiger partial charge in [-0.1, -0.05) is 193 Å². The molecular weight excluding hydrogens is 889 g/mol. The van der Waals surface area contributed by atoms with E-state index >= 15 is 0 Å². The largest absolute Gasteiger partial charge is 0.457 e. The van der Waals surface area contributed by atoms with Crippen LogP contribution >= 0.6 is 0 Å². The zero-order valence-electron chi connectivity index (χ0n) is 45.3. The first-order chi connectivity index (χ1) is 34.6. The van der Waals surface area contributed by atoms with Crippen molar-refractivity contribution in [3.63, 3.8) is 0 Å². The van der Waals surface area contributed by atoms with Gasteiger partial charge in [-0.25, -0.2) is 4.98 Å². The van der Waals surface area contributed by atoms with Crippen molar-refractivity contribution in [2.24, 2.45) is 0 Å². The summed E-state index contributed by atoms with van der Waals surface area (Å²) in [7, 11) is 0. The highest BCUT2D eigenvalue weighted by Crippen LogP contribution is 2.45. The van der Waals surface area contributed by atoms with Crippen molar-refractivity contribution in [2.75, 3.05) is 16.5 Å². The normalized spacial score (nSPS) is 13.8. The van der Waals surface area contributed by atoms with Crippen LogP contribution in [-0.4, -0.2) is 16.2 Å². The summed E-state index contributed by atoms with van der Waals surface area (Å²) < 4.78 is 9.40. The second kappa shape index (κ2) is 18.3.